The van der Waals surface area contributed by atoms with Crippen LogP contribution < -0.4 is 5.73 Å². The number of benzene rings is 1. The minimum Gasteiger partial charge on any atom is -0.330 e. The van der Waals surface area contributed by atoms with Crippen LogP contribution >= 0.6 is 22.9 Å². The summed E-state index contributed by atoms with van der Waals surface area (Å²) in [7, 11) is 0. The van der Waals surface area contributed by atoms with Crippen molar-refractivity contribution in [2.75, 3.05) is 6.54 Å². The Bertz CT molecular complexity index is 544. The Hall–Kier alpha value is -0.640. The van der Waals surface area contributed by atoms with Gasteiger partial charge in [-0.05, 0) is 56.3 Å². The average molecular weight is 281 g/mol. The van der Waals surface area contributed by atoms with Crippen molar-refractivity contribution in [3.8, 4) is 0 Å². The Labute approximate surface area is 116 Å². The zero-order valence-electron chi connectivity index (χ0n) is 10.2. The topological polar surface area (TPSA) is 38.9 Å². The Balaban J connectivity index is 1.82. The van der Waals surface area contributed by atoms with Gasteiger partial charge in [0, 0.05) is 10.9 Å². The van der Waals surface area contributed by atoms with Crippen LogP contribution in [-0.4, -0.2) is 11.5 Å². The summed E-state index contributed by atoms with van der Waals surface area (Å²) in [4.78, 5) is 4.76. The first-order valence-electron chi connectivity index (χ1n) is 6.52. The molecule has 0 aliphatic heterocycles. The van der Waals surface area contributed by atoms with Gasteiger partial charge < -0.3 is 5.73 Å². The fourth-order valence-electron chi connectivity index (χ4n) is 2.74. The molecule has 1 aliphatic rings. The molecule has 0 bridgehead atoms. The largest absolute Gasteiger partial charge is 0.330 e. The van der Waals surface area contributed by atoms with Gasteiger partial charge in [-0.1, -0.05) is 11.6 Å². The average Bonchev–Trinajstić information content (AvgIpc) is 2.81. The molecular weight excluding hydrogens is 264 g/mol. The van der Waals surface area contributed by atoms with Gasteiger partial charge in [-0.15, -0.1) is 11.3 Å². The number of rotatable bonds is 2. The first-order valence-corrected chi connectivity index (χ1v) is 7.72. The van der Waals surface area contributed by atoms with Gasteiger partial charge in [-0.2, -0.15) is 0 Å². The molecule has 2 aromatic rings. The van der Waals surface area contributed by atoms with Crippen molar-refractivity contribution in [3.63, 3.8) is 0 Å². The van der Waals surface area contributed by atoms with E-state index < -0.39 is 0 Å². The second-order valence-corrected chi connectivity index (χ2v) is 6.62. The summed E-state index contributed by atoms with van der Waals surface area (Å²) in [6, 6.07) is 5.95. The highest BCUT2D eigenvalue weighted by atomic mass is 35.5. The van der Waals surface area contributed by atoms with Crippen molar-refractivity contribution >= 4 is 33.2 Å². The molecule has 0 unspecified atom stereocenters. The van der Waals surface area contributed by atoms with E-state index in [1.54, 1.807) is 11.3 Å². The summed E-state index contributed by atoms with van der Waals surface area (Å²) in [6.07, 6.45) is 4.96. The summed E-state index contributed by atoms with van der Waals surface area (Å²) in [5.74, 6) is 1.36. The molecule has 2 nitrogen and oxygen atoms in total. The molecule has 0 atom stereocenters. The Morgan fingerprint density at radius 2 is 2.06 bits per heavy atom. The van der Waals surface area contributed by atoms with Gasteiger partial charge in [0.2, 0.25) is 0 Å². The molecule has 0 amide bonds. The van der Waals surface area contributed by atoms with Gasteiger partial charge in [0.05, 0.1) is 15.2 Å². The van der Waals surface area contributed by atoms with E-state index in [1.165, 1.54) is 35.4 Å². The summed E-state index contributed by atoms with van der Waals surface area (Å²) >= 11 is 7.82. The molecule has 1 fully saturated rings. The number of hydrogen-bond acceptors (Lipinski definition) is 3. The van der Waals surface area contributed by atoms with Gasteiger partial charge in [0.15, 0.2) is 0 Å². The molecule has 2 N–H and O–H groups in total. The van der Waals surface area contributed by atoms with E-state index in [-0.39, 0.29) is 0 Å². The molecule has 1 aliphatic carbocycles. The zero-order valence-corrected chi connectivity index (χ0v) is 11.8. The Morgan fingerprint density at radius 3 is 2.78 bits per heavy atom. The lowest BCUT2D eigenvalue weighted by molar-refractivity contribution is 0.332. The molecule has 4 heteroatoms. The summed E-state index contributed by atoms with van der Waals surface area (Å²) < 4.78 is 1.21. The fraction of sp³-hybridized carbons (Fsp3) is 0.500. The monoisotopic (exact) mass is 280 g/mol. The standard InChI is InChI=1S/C14H17ClN2S/c15-11-5-6-12-13(7-11)18-14(17-12)10-3-1-9(8-16)2-4-10/h5-7,9-10H,1-4,8,16H2. The van der Waals surface area contributed by atoms with Crippen LogP contribution in [0.5, 0.6) is 0 Å². The van der Waals surface area contributed by atoms with Crippen molar-refractivity contribution in [2.45, 2.75) is 31.6 Å². The van der Waals surface area contributed by atoms with E-state index in [0.717, 1.165) is 23.0 Å². The third-order valence-electron chi connectivity index (χ3n) is 3.90. The van der Waals surface area contributed by atoms with E-state index in [9.17, 15) is 0 Å². The van der Waals surface area contributed by atoms with Gasteiger partial charge >= 0.3 is 0 Å². The van der Waals surface area contributed by atoms with Crippen LogP contribution in [0.15, 0.2) is 18.2 Å². The molecule has 0 spiro atoms. The summed E-state index contributed by atoms with van der Waals surface area (Å²) in [5.41, 5.74) is 6.82. The molecule has 3 rings (SSSR count). The van der Waals surface area contributed by atoms with Crippen molar-refractivity contribution in [1.82, 2.24) is 4.98 Å². The second kappa shape index (κ2) is 5.16. The van der Waals surface area contributed by atoms with Crippen LogP contribution in [0, 0.1) is 5.92 Å². The molecule has 1 saturated carbocycles. The maximum Gasteiger partial charge on any atom is 0.0969 e. The third-order valence-corrected chi connectivity index (χ3v) is 5.31. The number of fused-ring (bicyclic) bond motifs is 1. The number of nitrogens with two attached hydrogens (primary N) is 1. The predicted molar refractivity (Wildman–Crippen MR) is 78.4 cm³/mol. The Kier molecular flexibility index (Phi) is 3.55. The first-order chi connectivity index (χ1) is 8.76. The van der Waals surface area contributed by atoms with Crippen molar-refractivity contribution < 1.29 is 0 Å². The Morgan fingerprint density at radius 1 is 1.28 bits per heavy atom. The van der Waals surface area contributed by atoms with Crippen LogP contribution in [0.4, 0.5) is 0 Å². The highest BCUT2D eigenvalue weighted by molar-refractivity contribution is 7.18. The van der Waals surface area contributed by atoms with Crippen LogP contribution in [0.3, 0.4) is 0 Å². The molecule has 0 radical (unpaired) electrons. The second-order valence-electron chi connectivity index (χ2n) is 5.12. The number of halogens is 1. The summed E-state index contributed by atoms with van der Waals surface area (Å²) in [6.45, 7) is 0.835. The number of aromatic nitrogens is 1. The van der Waals surface area contributed by atoms with E-state index >= 15 is 0 Å². The van der Waals surface area contributed by atoms with Gasteiger partial charge in [-0.3, -0.25) is 0 Å². The van der Waals surface area contributed by atoms with E-state index in [1.807, 2.05) is 18.2 Å². The zero-order chi connectivity index (χ0) is 12.5. The lowest BCUT2D eigenvalue weighted by Gasteiger charge is -2.26. The van der Waals surface area contributed by atoms with Crippen LogP contribution in [0.1, 0.15) is 36.6 Å². The molecule has 0 saturated heterocycles. The maximum atomic E-state index is 6.02. The highest BCUT2D eigenvalue weighted by Crippen LogP contribution is 2.38. The van der Waals surface area contributed by atoms with E-state index in [4.69, 9.17) is 22.3 Å². The van der Waals surface area contributed by atoms with Crippen molar-refractivity contribution in [2.24, 2.45) is 11.7 Å². The minimum atomic E-state index is 0.629. The van der Waals surface area contributed by atoms with Crippen molar-refractivity contribution in [1.29, 1.82) is 0 Å². The van der Waals surface area contributed by atoms with Crippen LogP contribution in [-0.2, 0) is 0 Å². The number of nitrogens with zero attached hydrogens (tertiary/aromatic N) is 1. The van der Waals surface area contributed by atoms with Gasteiger partial charge in [0.25, 0.3) is 0 Å². The number of hydrogen-bond donors (Lipinski definition) is 1. The lowest BCUT2D eigenvalue weighted by atomic mass is 9.82. The molecule has 1 heterocycles. The van der Waals surface area contributed by atoms with Crippen LogP contribution in [0.25, 0.3) is 10.2 Å². The molecule has 1 aromatic heterocycles. The quantitative estimate of drug-likeness (QED) is 0.896. The fourth-order valence-corrected chi connectivity index (χ4v) is 4.15. The number of thiazole rings is 1. The highest BCUT2D eigenvalue weighted by Gasteiger charge is 2.23. The SMILES string of the molecule is NCC1CCC(c2nc3ccc(Cl)cc3s2)CC1. The molecular formula is C14H17ClN2S. The third kappa shape index (κ3) is 2.40. The first kappa shape index (κ1) is 12.4. The predicted octanol–water partition coefficient (Wildman–Crippen LogP) is 4.18. The molecule has 96 valence electrons. The van der Waals surface area contributed by atoms with E-state index in [0.29, 0.717) is 5.92 Å². The van der Waals surface area contributed by atoms with Crippen LogP contribution in [0.2, 0.25) is 5.02 Å². The normalized spacial score (nSPS) is 24.6. The molecule has 18 heavy (non-hydrogen) atoms. The van der Waals surface area contributed by atoms with Crippen molar-refractivity contribution in [3.05, 3.63) is 28.2 Å². The van der Waals surface area contributed by atoms with E-state index in [2.05, 4.69) is 0 Å². The molecule has 1 aromatic carbocycles. The summed E-state index contributed by atoms with van der Waals surface area (Å²) in [5, 5.41) is 2.08. The van der Waals surface area contributed by atoms with Gasteiger partial charge in [0.1, 0.15) is 0 Å². The van der Waals surface area contributed by atoms with Gasteiger partial charge in [-0.25, -0.2) is 4.98 Å². The maximum absolute atomic E-state index is 6.02. The lowest BCUT2D eigenvalue weighted by Crippen LogP contribution is -2.20. The minimum absolute atomic E-state index is 0.629. The smallest absolute Gasteiger partial charge is 0.0969 e.